The number of rotatable bonds is 6. The maximum atomic E-state index is 12.1. The number of nitrogens with zero attached hydrogens (tertiary/aromatic N) is 3. The molecule has 3 rings (SSSR count). The number of aryl methyl sites for hydroxylation is 1. The number of nitrogens with one attached hydrogen (secondary N) is 1. The highest BCUT2D eigenvalue weighted by Gasteiger charge is 2.12. The summed E-state index contributed by atoms with van der Waals surface area (Å²) in [5.74, 6) is 0.567. The molecular formula is C18H18N4O3S. The largest absolute Gasteiger partial charge is 0.421 e. The van der Waals surface area contributed by atoms with Crippen LogP contribution >= 0.6 is 11.3 Å². The number of hydrogen-bond acceptors (Lipinski definition) is 6. The van der Waals surface area contributed by atoms with Gasteiger partial charge in [-0.15, -0.1) is 10.2 Å². The first-order chi connectivity index (χ1) is 12.5. The van der Waals surface area contributed by atoms with Crippen molar-refractivity contribution in [3.05, 3.63) is 52.5 Å². The van der Waals surface area contributed by atoms with Crippen LogP contribution in [0.3, 0.4) is 0 Å². The van der Waals surface area contributed by atoms with Crippen LogP contribution in [0.1, 0.15) is 22.7 Å². The van der Waals surface area contributed by atoms with Crippen LogP contribution in [0.2, 0.25) is 0 Å². The summed E-state index contributed by atoms with van der Waals surface area (Å²) in [5, 5.41) is 14.6. The molecule has 8 heteroatoms. The molecule has 0 aliphatic carbocycles. The second kappa shape index (κ2) is 7.92. The van der Waals surface area contributed by atoms with Crippen LogP contribution in [0, 0.1) is 0 Å². The van der Waals surface area contributed by atoms with Crippen molar-refractivity contribution in [2.24, 2.45) is 0 Å². The van der Waals surface area contributed by atoms with Gasteiger partial charge in [-0.1, -0.05) is 6.07 Å². The van der Waals surface area contributed by atoms with E-state index in [-0.39, 0.29) is 18.2 Å². The van der Waals surface area contributed by atoms with Gasteiger partial charge >= 0.3 is 0 Å². The molecule has 0 unspecified atom stereocenters. The van der Waals surface area contributed by atoms with Crippen LogP contribution in [0.15, 0.2) is 45.5 Å². The molecular weight excluding hydrogens is 352 g/mol. The van der Waals surface area contributed by atoms with Gasteiger partial charge in [0.05, 0.1) is 0 Å². The van der Waals surface area contributed by atoms with E-state index in [1.165, 1.54) is 4.90 Å². The standard InChI is InChI=1S/C18H18N4O3S/c1-22(2)18(24)12-4-3-5-14(10-12)19-15(23)6-7-16-20-21-17(25-16)13-8-9-26-11-13/h3-5,8-11H,6-7H2,1-2H3,(H,19,23). The summed E-state index contributed by atoms with van der Waals surface area (Å²) in [6.07, 6.45) is 0.552. The van der Waals surface area contributed by atoms with Gasteiger partial charge in [0, 0.05) is 49.1 Å². The van der Waals surface area contributed by atoms with E-state index in [1.807, 2.05) is 16.8 Å². The van der Waals surface area contributed by atoms with Gasteiger partial charge in [-0.2, -0.15) is 11.3 Å². The van der Waals surface area contributed by atoms with E-state index >= 15 is 0 Å². The molecule has 1 aromatic carbocycles. The topological polar surface area (TPSA) is 88.3 Å². The Kier molecular flexibility index (Phi) is 5.43. The van der Waals surface area contributed by atoms with Gasteiger partial charge < -0.3 is 14.6 Å². The summed E-state index contributed by atoms with van der Waals surface area (Å²) in [6, 6.07) is 8.74. The molecule has 2 amide bonds. The molecule has 0 spiro atoms. The molecule has 0 saturated carbocycles. The van der Waals surface area contributed by atoms with Crippen molar-refractivity contribution in [3.63, 3.8) is 0 Å². The van der Waals surface area contributed by atoms with Crippen molar-refractivity contribution in [3.8, 4) is 11.5 Å². The number of carbonyl (C=O) groups is 2. The average Bonchev–Trinajstić information content (AvgIpc) is 3.30. The molecule has 7 nitrogen and oxygen atoms in total. The lowest BCUT2D eigenvalue weighted by molar-refractivity contribution is -0.116. The summed E-state index contributed by atoms with van der Waals surface area (Å²) < 4.78 is 5.56. The Morgan fingerprint density at radius 3 is 2.81 bits per heavy atom. The fourth-order valence-electron chi connectivity index (χ4n) is 2.29. The normalized spacial score (nSPS) is 10.5. The van der Waals surface area contributed by atoms with Gasteiger partial charge in [-0.25, -0.2) is 0 Å². The number of benzene rings is 1. The van der Waals surface area contributed by atoms with Gasteiger partial charge in [0.25, 0.3) is 5.91 Å². The maximum Gasteiger partial charge on any atom is 0.253 e. The zero-order chi connectivity index (χ0) is 18.5. The Bertz CT molecular complexity index is 903. The summed E-state index contributed by atoms with van der Waals surface area (Å²) in [6.45, 7) is 0. The van der Waals surface area contributed by atoms with E-state index in [1.54, 1.807) is 49.7 Å². The number of hydrogen-bond donors (Lipinski definition) is 1. The second-order valence-corrected chi connectivity index (χ2v) is 6.62. The van der Waals surface area contributed by atoms with Gasteiger partial charge in [0.2, 0.25) is 17.7 Å². The van der Waals surface area contributed by atoms with Crippen LogP contribution in [0.5, 0.6) is 0 Å². The first-order valence-electron chi connectivity index (χ1n) is 7.99. The Labute approximate surface area is 154 Å². The number of anilines is 1. The number of carbonyl (C=O) groups excluding carboxylic acids is 2. The fourth-order valence-corrected chi connectivity index (χ4v) is 2.92. The maximum absolute atomic E-state index is 12.1. The van der Waals surface area contributed by atoms with Crippen molar-refractivity contribution in [1.29, 1.82) is 0 Å². The SMILES string of the molecule is CN(C)C(=O)c1cccc(NC(=O)CCc2nnc(-c3ccsc3)o2)c1. The summed E-state index contributed by atoms with van der Waals surface area (Å²) >= 11 is 1.55. The molecule has 0 bridgehead atoms. The van der Waals surface area contributed by atoms with E-state index in [0.29, 0.717) is 29.5 Å². The monoisotopic (exact) mass is 370 g/mol. The zero-order valence-electron chi connectivity index (χ0n) is 14.4. The highest BCUT2D eigenvalue weighted by Crippen LogP contribution is 2.21. The molecule has 0 fully saturated rings. The van der Waals surface area contributed by atoms with E-state index in [4.69, 9.17) is 4.42 Å². The van der Waals surface area contributed by atoms with Crippen molar-refractivity contribution >= 4 is 28.8 Å². The minimum Gasteiger partial charge on any atom is -0.421 e. The molecule has 0 aliphatic heterocycles. The predicted octanol–water partition coefficient (Wildman–Crippen LogP) is 3.07. The van der Waals surface area contributed by atoms with E-state index in [0.717, 1.165) is 5.56 Å². The fraction of sp³-hybridized carbons (Fsp3) is 0.222. The molecule has 0 aliphatic rings. The van der Waals surface area contributed by atoms with Crippen molar-refractivity contribution in [1.82, 2.24) is 15.1 Å². The highest BCUT2D eigenvalue weighted by atomic mass is 32.1. The lowest BCUT2D eigenvalue weighted by Crippen LogP contribution is -2.22. The van der Waals surface area contributed by atoms with E-state index in [2.05, 4.69) is 15.5 Å². The molecule has 0 radical (unpaired) electrons. The first-order valence-corrected chi connectivity index (χ1v) is 8.94. The minimum absolute atomic E-state index is 0.118. The summed E-state index contributed by atoms with van der Waals surface area (Å²) in [5.41, 5.74) is 1.97. The Morgan fingerprint density at radius 2 is 2.08 bits per heavy atom. The third-order valence-electron chi connectivity index (χ3n) is 3.60. The molecule has 0 saturated heterocycles. The van der Waals surface area contributed by atoms with Gasteiger partial charge in [0.1, 0.15) is 0 Å². The van der Waals surface area contributed by atoms with Crippen molar-refractivity contribution in [2.75, 3.05) is 19.4 Å². The highest BCUT2D eigenvalue weighted by molar-refractivity contribution is 7.08. The van der Waals surface area contributed by atoms with Crippen molar-refractivity contribution < 1.29 is 14.0 Å². The Balaban J connectivity index is 1.56. The lowest BCUT2D eigenvalue weighted by Gasteiger charge is -2.11. The van der Waals surface area contributed by atoms with Gasteiger partial charge in [-0.05, 0) is 29.6 Å². The average molecular weight is 370 g/mol. The zero-order valence-corrected chi connectivity index (χ0v) is 15.2. The minimum atomic E-state index is -0.185. The molecule has 26 heavy (non-hydrogen) atoms. The van der Waals surface area contributed by atoms with Crippen LogP contribution in [0.25, 0.3) is 11.5 Å². The van der Waals surface area contributed by atoms with Crippen molar-refractivity contribution in [2.45, 2.75) is 12.8 Å². The third kappa shape index (κ3) is 4.34. The number of thiophene rings is 1. The predicted molar refractivity (Wildman–Crippen MR) is 99.0 cm³/mol. The third-order valence-corrected chi connectivity index (χ3v) is 4.28. The number of aromatic nitrogens is 2. The van der Waals surface area contributed by atoms with Crippen LogP contribution in [-0.2, 0) is 11.2 Å². The van der Waals surface area contributed by atoms with E-state index < -0.39 is 0 Å². The molecule has 0 atom stereocenters. The molecule has 134 valence electrons. The first kappa shape index (κ1) is 17.8. The van der Waals surface area contributed by atoms with E-state index in [9.17, 15) is 9.59 Å². The lowest BCUT2D eigenvalue weighted by atomic mass is 10.1. The quantitative estimate of drug-likeness (QED) is 0.720. The van der Waals surface area contributed by atoms with Crippen LogP contribution in [0.4, 0.5) is 5.69 Å². The van der Waals surface area contributed by atoms with Gasteiger partial charge in [0.15, 0.2) is 0 Å². The summed E-state index contributed by atoms with van der Waals surface area (Å²) in [7, 11) is 3.37. The molecule has 1 N–H and O–H groups in total. The molecule has 3 aromatic rings. The Hall–Kier alpha value is -3.00. The van der Waals surface area contributed by atoms with Crippen LogP contribution < -0.4 is 5.32 Å². The van der Waals surface area contributed by atoms with Gasteiger partial charge in [-0.3, -0.25) is 9.59 Å². The second-order valence-electron chi connectivity index (χ2n) is 5.84. The number of amides is 2. The smallest absolute Gasteiger partial charge is 0.253 e. The molecule has 2 heterocycles. The Morgan fingerprint density at radius 1 is 1.23 bits per heavy atom. The molecule has 2 aromatic heterocycles. The van der Waals surface area contributed by atoms with Crippen LogP contribution in [-0.4, -0.2) is 41.0 Å². The summed E-state index contributed by atoms with van der Waals surface area (Å²) in [4.78, 5) is 25.6.